The van der Waals surface area contributed by atoms with E-state index in [1.165, 1.54) is 24.0 Å². The van der Waals surface area contributed by atoms with Gasteiger partial charge in [-0.15, -0.1) is 0 Å². The number of likely N-dealkylation sites (tertiary alicyclic amines) is 1. The fourth-order valence-corrected chi connectivity index (χ4v) is 2.01. The zero-order chi connectivity index (χ0) is 13.9. The van der Waals surface area contributed by atoms with E-state index in [0.29, 0.717) is 6.54 Å². The van der Waals surface area contributed by atoms with Crippen LogP contribution in [0.25, 0.3) is 0 Å². The van der Waals surface area contributed by atoms with E-state index in [0.717, 1.165) is 0 Å². The van der Waals surface area contributed by atoms with Crippen molar-refractivity contribution in [2.75, 3.05) is 33.8 Å². The van der Waals surface area contributed by atoms with Gasteiger partial charge in [0.2, 0.25) is 0 Å². The van der Waals surface area contributed by atoms with Crippen LogP contribution in [0.1, 0.15) is 6.92 Å². The van der Waals surface area contributed by atoms with Crippen molar-refractivity contribution in [2.45, 2.75) is 6.92 Å². The molecule has 1 heterocycles. The summed E-state index contributed by atoms with van der Waals surface area (Å²) < 4.78 is 4.47. The molecule has 1 aliphatic rings. The van der Waals surface area contributed by atoms with Crippen molar-refractivity contribution < 1.29 is 24.2 Å². The maximum Gasteiger partial charge on any atom is 0.325 e. The van der Waals surface area contributed by atoms with Crippen LogP contribution in [0.2, 0.25) is 0 Å². The van der Waals surface area contributed by atoms with Gasteiger partial charge >= 0.3 is 18.0 Å². The Morgan fingerprint density at radius 3 is 2.44 bits per heavy atom. The van der Waals surface area contributed by atoms with Crippen molar-refractivity contribution in [3.63, 3.8) is 0 Å². The Balaban J connectivity index is 2.58. The Morgan fingerprint density at radius 2 is 2.00 bits per heavy atom. The third-order valence-electron chi connectivity index (χ3n) is 3.12. The molecule has 1 rings (SSSR count). The molecular weight excluding hydrogens is 240 g/mol. The van der Waals surface area contributed by atoms with Gasteiger partial charge < -0.3 is 19.6 Å². The second-order valence-electron chi connectivity index (χ2n) is 4.54. The monoisotopic (exact) mass is 258 g/mol. The van der Waals surface area contributed by atoms with Crippen molar-refractivity contribution in [2.24, 2.45) is 11.8 Å². The van der Waals surface area contributed by atoms with Crippen molar-refractivity contribution in [3.8, 4) is 0 Å². The van der Waals surface area contributed by atoms with Gasteiger partial charge in [-0.1, -0.05) is 6.92 Å². The number of hydrogen-bond donors (Lipinski definition) is 1. The van der Waals surface area contributed by atoms with Crippen LogP contribution >= 0.6 is 0 Å². The summed E-state index contributed by atoms with van der Waals surface area (Å²) >= 11 is 0. The molecule has 0 aromatic heterocycles. The number of methoxy groups -OCH3 is 1. The summed E-state index contributed by atoms with van der Waals surface area (Å²) in [4.78, 5) is 36.6. The molecule has 1 aliphatic heterocycles. The van der Waals surface area contributed by atoms with E-state index in [1.807, 2.05) is 0 Å². The van der Waals surface area contributed by atoms with E-state index in [-0.39, 0.29) is 25.0 Å². The fraction of sp³-hybridized carbons (Fsp3) is 0.727. The number of carbonyl (C=O) groups is 3. The number of ether oxygens (including phenoxy) is 1. The van der Waals surface area contributed by atoms with Gasteiger partial charge in [-0.25, -0.2) is 4.79 Å². The Bertz CT molecular complexity index is 357. The second-order valence-corrected chi connectivity index (χ2v) is 4.54. The summed E-state index contributed by atoms with van der Waals surface area (Å²) in [6.07, 6.45) is 0. The topological polar surface area (TPSA) is 87.2 Å². The molecule has 102 valence electrons. The number of hydrogen-bond acceptors (Lipinski definition) is 4. The van der Waals surface area contributed by atoms with Crippen molar-refractivity contribution in [1.29, 1.82) is 0 Å². The highest BCUT2D eigenvalue weighted by atomic mass is 16.5. The summed E-state index contributed by atoms with van der Waals surface area (Å²) in [7, 11) is 2.73. The van der Waals surface area contributed by atoms with E-state index in [1.54, 1.807) is 6.92 Å². The highest BCUT2D eigenvalue weighted by molar-refractivity contribution is 5.82. The van der Waals surface area contributed by atoms with Gasteiger partial charge in [0.05, 0.1) is 13.0 Å². The first-order chi connectivity index (χ1) is 8.36. The van der Waals surface area contributed by atoms with E-state index in [2.05, 4.69) is 4.74 Å². The van der Waals surface area contributed by atoms with Gasteiger partial charge in [-0.3, -0.25) is 9.59 Å². The van der Waals surface area contributed by atoms with Gasteiger partial charge in [0.1, 0.15) is 6.54 Å². The summed E-state index contributed by atoms with van der Waals surface area (Å²) in [5, 5.41) is 8.98. The van der Waals surface area contributed by atoms with Crippen LogP contribution in [0.5, 0.6) is 0 Å². The number of urea groups is 1. The number of nitrogens with zero attached hydrogens (tertiary/aromatic N) is 2. The largest absolute Gasteiger partial charge is 0.481 e. The molecular formula is C11H18N2O5. The molecule has 0 bridgehead atoms. The smallest absolute Gasteiger partial charge is 0.325 e. The van der Waals surface area contributed by atoms with Crippen LogP contribution in [0.3, 0.4) is 0 Å². The summed E-state index contributed by atoms with van der Waals surface area (Å²) in [5.41, 5.74) is 0. The fourth-order valence-electron chi connectivity index (χ4n) is 2.01. The average molecular weight is 258 g/mol. The lowest BCUT2D eigenvalue weighted by molar-refractivity contribution is -0.143. The Kier molecular flexibility index (Phi) is 4.52. The number of amides is 2. The van der Waals surface area contributed by atoms with Gasteiger partial charge in [0.15, 0.2) is 0 Å². The molecule has 2 amide bonds. The predicted octanol–water partition coefficient (Wildman–Crippen LogP) is -0.136. The zero-order valence-corrected chi connectivity index (χ0v) is 10.8. The van der Waals surface area contributed by atoms with Crippen molar-refractivity contribution >= 4 is 18.0 Å². The Morgan fingerprint density at radius 1 is 1.39 bits per heavy atom. The minimum absolute atomic E-state index is 0.0852. The standard InChI is InChI=1S/C11H18N2O5/c1-7-4-13(5-8(7)10(15)16)11(17)12(2)6-9(14)18-3/h7-8H,4-6H2,1-3H3,(H,15,16)/t7-,8-/m1/s1. The van der Waals surface area contributed by atoms with Gasteiger partial charge in [0.25, 0.3) is 0 Å². The molecule has 1 N–H and O–H groups in total. The predicted molar refractivity (Wildman–Crippen MR) is 61.9 cm³/mol. The van der Waals surface area contributed by atoms with E-state index < -0.39 is 17.9 Å². The maximum atomic E-state index is 12.0. The lowest BCUT2D eigenvalue weighted by atomic mass is 9.99. The molecule has 18 heavy (non-hydrogen) atoms. The van der Waals surface area contributed by atoms with E-state index >= 15 is 0 Å². The minimum Gasteiger partial charge on any atom is -0.481 e. The number of aliphatic carboxylic acids is 1. The Hall–Kier alpha value is -1.79. The number of carbonyl (C=O) groups excluding carboxylic acids is 2. The van der Waals surface area contributed by atoms with E-state index in [4.69, 9.17) is 5.11 Å². The van der Waals surface area contributed by atoms with Crippen molar-refractivity contribution in [3.05, 3.63) is 0 Å². The molecule has 0 spiro atoms. The van der Waals surface area contributed by atoms with Gasteiger partial charge in [0, 0.05) is 20.1 Å². The maximum absolute atomic E-state index is 12.0. The first kappa shape index (κ1) is 14.3. The van der Waals surface area contributed by atoms with E-state index in [9.17, 15) is 14.4 Å². The minimum atomic E-state index is -0.895. The molecule has 0 radical (unpaired) electrons. The quantitative estimate of drug-likeness (QED) is 0.712. The third kappa shape index (κ3) is 3.12. The van der Waals surface area contributed by atoms with Crippen LogP contribution in [0.15, 0.2) is 0 Å². The second kappa shape index (κ2) is 5.70. The highest BCUT2D eigenvalue weighted by Crippen LogP contribution is 2.23. The molecule has 7 heteroatoms. The number of carboxylic acid groups (broad SMARTS) is 1. The molecule has 0 unspecified atom stereocenters. The molecule has 0 aliphatic carbocycles. The molecule has 1 fully saturated rings. The number of esters is 1. The third-order valence-corrected chi connectivity index (χ3v) is 3.12. The number of likely N-dealkylation sites (N-methyl/N-ethyl adjacent to an activating group) is 1. The lowest BCUT2D eigenvalue weighted by Crippen LogP contribution is -2.42. The van der Waals surface area contributed by atoms with Crippen LogP contribution in [0.4, 0.5) is 4.79 Å². The molecule has 7 nitrogen and oxygen atoms in total. The first-order valence-electron chi connectivity index (χ1n) is 5.66. The molecule has 0 aromatic rings. The average Bonchev–Trinajstić information content (AvgIpc) is 2.70. The van der Waals surface area contributed by atoms with Crippen LogP contribution in [-0.4, -0.2) is 66.7 Å². The first-order valence-corrected chi connectivity index (χ1v) is 5.66. The zero-order valence-electron chi connectivity index (χ0n) is 10.8. The van der Waals surface area contributed by atoms with Crippen LogP contribution in [-0.2, 0) is 14.3 Å². The van der Waals surface area contributed by atoms with Crippen LogP contribution < -0.4 is 0 Å². The summed E-state index contributed by atoms with van der Waals surface area (Å²) in [6.45, 7) is 2.23. The molecule has 0 saturated carbocycles. The summed E-state index contributed by atoms with van der Waals surface area (Å²) in [6, 6.07) is -0.351. The van der Waals surface area contributed by atoms with Crippen LogP contribution in [0, 0.1) is 11.8 Å². The number of carboxylic acids is 1. The highest BCUT2D eigenvalue weighted by Gasteiger charge is 2.38. The number of rotatable bonds is 3. The van der Waals surface area contributed by atoms with Crippen molar-refractivity contribution in [1.82, 2.24) is 9.80 Å². The normalized spacial score (nSPS) is 22.7. The van der Waals surface area contributed by atoms with Gasteiger partial charge in [-0.05, 0) is 5.92 Å². The molecule has 1 saturated heterocycles. The SMILES string of the molecule is COC(=O)CN(C)C(=O)N1C[C@@H](C)[C@H](C(=O)O)C1. The van der Waals surface area contributed by atoms with Gasteiger partial charge in [-0.2, -0.15) is 0 Å². The molecule has 0 aromatic carbocycles. The molecule has 2 atom stereocenters. The Labute approximate surface area is 105 Å². The summed E-state index contributed by atoms with van der Waals surface area (Å²) in [5.74, 6) is -2.03. The lowest BCUT2D eigenvalue weighted by Gasteiger charge is -2.23.